The first-order valence-corrected chi connectivity index (χ1v) is 4.62. The molecule has 2 nitrogen and oxygen atoms in total. The van der Waals surface area contributed by atoms with Gasteiger partial charge < -0.3 is 5.32 Å². The molecule has 2 aliphatic heterocycles. The third-order valence-corrected chi connectivity index (χ3v) is 2.81. The molecule has 2 fully saturated rings. The molecule has 11 heavy (non-hydrogen) atoms. The van der Waals surface area contributed by atoms with Crippen molar-refractivity contribution < 1.29 is 0 Å². The summed E-state index contributed by atoms with van der Waals surface area (Å²) in [4.78, 5) is 2.61. The van der Waals surface area contributed by atoms with Crippen molar-refractivity contribution in [3.63, 3.8) is 0 Å². The Morgan fingerprint density at radius 3 is 2.55 bits per heavy atom. The lowest BCUT2D eigenvalue weighted by Crippen LogP contribution is -2.57. The highest BCUT2D eigenvalue weighted by atomic mass is 15.3. The predicted molar refractivity (Wildman–Crippen MR) is 46.6 cm³/mol. The average Bonchev–Trinajstić information content (AvgIpc) is 2.32. The molecule has 64 valence electrons. The van der Waals surface area contributed by atoms with Gasteiger partial charge in [0.25, 0.3) is 0 Å². The monoisotopic (exact) mass is 154 g/mol. The van der Waals surface area contributed by atoms with Gasteiger partial charge in [-0.3, -0.25) is 4.90 Å². The van der Waals surface area contributed by atoms with Crippen LogP contribution >= 0.6 is 0 Å². The maximum atomic E-state index is 3.41. The quantitative estimate of drug-likeness (QED) is 0.598. The smallest absolute Gasteiger partial charge is 0.0233 e. The second-order valence-electron chi connectivity index (χ2n) is 4.72. The lowest BCUT2D eigenvalue weighted by molar-refractivity contribution is 0.000487. The number of rotatable bonds is 1. The molecular formula is C9H18N2. The van der Waals surface area contributed by atoms with Gasteiger partial charge in [0.1, 0.15) is 0 Å². The summed E-state index contributed by atoms with van der Waals surface area (Å²) in [6.45, 7) is 9.76. The second kappa shape index (κ2) is 2.46. The van der Waals surface area contributed by atoms with Gasteiger partial charge in [0.15, 0.2) is 0 Å². The van der Waals surface area contributed by atoms with Gasteiger partial charge in [0.05, 0.1) is 0 Å². The highest BCUT2D eigenvalue weighted by Crippen LogP contribution is 2.31. The molecule has 0 saturated carbocycles. The molecule has 2 saturated heterocycles. The van der Waals surface area contributed by atoms with Crippen molar-refractivity contribution in [2.75, 3.05) is 26.2 Å². The lowest BCUT2D eigenvalue weighted by atomic mass is 9.83. The predicted octanol–water partition coefficient (Wildman–Crippen LogP) is 0.690. The minimum absolute atomic E-state index is 0.600. The van der Waals surface area contributed by atoms with Crippen molar-refractivity contribution in [3.05, 3.63) is 0 Å². The zero-order valence-electron chi connectivity index (χ0n) is 7.56. The third-order valence-electron chi connectivity index (χ3n) is 2.81. The first-order chi connectivity index (χ1) is 5.17. The van der Waals surface area contributed by atoms with Crippen molar-refractivity contribution in [1.29, 1.82) is 0 Å². The maximum Gasteiger partial charge on any atom is 0.0233 e. The summed E-state index contributed by atoms with van der Waals surface area (Å²) in [6.07, 6.45) is 1.36. The lowest BCUT2D eigenvalue weighted by Gasteiger charge is -2.49. The molecule has 0 bridgehead atoms. The standard InChI is InChI=1S/C9H18N2/c1-9(2)6-11(7-9)8-3-4-10-5-8/h8,10H,3-7H2,1-2H3. The van der Waals surface area contributed by atoms with Gasteiger partial charge in [0.2, 0.25) is 0 Å². The third kappa shape index (κ3) is 1.42. The number of nitrogens with zero attached hydrogens (tertiary/aromatic N) is 1. The van der Waals surface area contributed by atoms with E-state index >= 15 is 0 Å². The van der Waals surface area contributed by atoms with Crippen LogP contribution in [0.15, 0.2) is 0 Å². The SMILES string of the molecule is CC1(C)CN(C2CCNC2)C1. The van der Waals surface area contributed by atoms with E-state index in [1.165, 1.54) is 32.6 Å². The number of nitrogens with one attached hydrogen (secondary N) is 1. The second-order valence-corrected chi connectivity index (χ2v) is 4.72. The molecule has 0 radical (unpaired) electrons. The molecule has 2 aliphatic rings. The van der Waals surface area contributed by atoms with Crippen molar-refractivity contribution in [2.24, 2.45) is 5.41 Å². The van der Waals surface area contributed by atoms with Crippen LogP contribution in [-0.4, -0.2) is 37.1 Å². The summed E-state index contributed by atoms with van der Waals surface area (Å²) in [7, 11) is 0. The molecule has 0 amide bonds. The van der Waals surface area contributed by atoms with Crippen LogP contribution in [0.5, 0.6) is 0 Å². The van der Waals surface area contributed by atoms with E-state index in [0.717, 1.165) is 6.04 Å². The van der Waals surface area contributed by atoms with Gasteiger partial charge in [-0.1, -0.05) is 13.8 Å². The Bertz CT molecular complexity index is 140. The van der Waals surface area contributed by atoms with Crippen LogP contribution in [-0.2, 0) is 0 Å². The molecule has 2 heteroatoms. The van der Waals surface area contributed by atoms with Gasteiger partial charge >= 0.3 is 0 Å². The minimum atomic E-state index is 0.600. The minimum Gasteiger partial charge on any atom is -0.315 e. The highest BCUT2D eigenvalue weighted by molar-refractivity contribution is 4.94. The molecule has 1 unspecified atom stereocenters. The fourth-order valence-electron chi connectivity index (χ4n) is 2.26. The van der Waals surface area contributed by atoms with Crippen molar-refractivity contribution in [3.8, 4) is 0 Å². The summed E-state index contributed by atoms with van der Waals surface area (Å²) in [5, 5.41) is 3.41. The molecule has 0 aromatic heterocycles. The summed E-state index contributed by atoms with van der Waals surface area (Å²) in [5.41, 5.74) is 0.600. The molecule has 0 aromatic rings. The molecule has 2 rings (SSSR count). The number of hydrogen-bond donors (Lipinski definition) is 1. The van der Waals surface area contributed by atoms with Crippen molar-refractivity contribution in [2.45, 2.75) is 26.3 Å². The average molecular weight is 154 g/mol. The van der Waals surface area contributed by atoms with Crippen LogP contribution in [0, 0.1) is 5.41 Å². The zero-order chi connectivity index (χ0) is 7.90. The fraction of sp³-hybridized carbons (Fsp3) is 1.00. The molecule has 0 aliphatic carbocycles. The first kappa shape index (κ1) is 7.56. The largest absolute Gasteiger partial charge is 0.315 e. The molecule has 1 N–H and O–H groups in total. The maximum absolute atomic E-state index is 3.41. The topological polar surface area (TPSA) is 15.3 Å². The van der Waals surface area contributed by atoms with Crippen LogP contribution in [0.25, 0.3) is 0 Å². The van der Waals surface area contributed by atoms with Crippen LogP contribution in [0.3, 0.4) is 0 Å². The van der Waals surface area contributed by atoms with Crippen molar-refractivity contribution >= 4 is 0 Å². The summed E-state index contributed by atoms with van der Waals surface area (Å²) < 4.78 is 0. The summed E-state index contributed by atoms with van der Waals surface area (Å²) in [6, 6.07) is 0.850. The Labute approximate surface area is 69.0 Å². The van der Waals surface area contributed by atoms with E-state index in [9.17, 15) is 0 Å². The Morgan fingerprint density at radius 2 is 2.09 bits per heavy atom. The summed E-state index contributed by atoms with van der Waals surface area (Å²) in [5.74, 6) is 0. The van der Waals surface area contributed by atoms with Gasteiger partial charge in [0, 0.05) is 25.7 Å². The van der Waals surface area contributed by atoms with E-state index in [4.69, 9.17) is 0 Å². The number of likely N-dealkylation sites (tertiary alicyclic amines) is 1. The van der Waals surface area contributed by atoms with Crippen LogP contribution in [0.4, 0.5) is 0 Å². The molecule has 1 atom stereocenters. The Kier molecular flexibility index (Phi) is 1.69. The van der Waals surface area contributed by atoms with E-state index in [1.807, 2.05) is 0 Å². The Hall–Kier alpha value is -0.0800. The molecule has 2 heterocycles. The summed E-state index contributed by atoms with van der Waals surface area (Å²) >= 11 is 0. The van der Waals surface area contributed by atoms with Crippen LogP contribution < -0.4 is 5.32 Å². The normalized spacial score (nSPS) is 37.1. The first-order valence-electron chi connectivity index (χ1n) is 4.62. The van der Waals surface area contributed by atoms with Crippen LogP contribution in [0.2, 0.25) is 0 Å². The highest BCUT2D eigenvalue weighted by Gasteiger charge is 2.38. The van der Waals surface area contributed by atoms with E-state index in [1.54, 1.807) is 0 Å². The zero-order valence-corrected chi connectivity index (χ0v) is 7.56. The van der Waals surface area contributed by atoms with E-state index in [2.05, 4.69) is 24.1 Å². The molecule has 0 aromatic carbocycles. The Balaban J connectivity index is 1.81. The van der Waals surface area contributed by atoms with Gasteiger partial charge in [-0.15, -0.1) is 0 Å². The van der Waals surface area contributed by atoms with Gasteiger partial charge in [-0.05, 0) is 18.4 Å². The van der Waals surface area contributed by atoms with E-state index < -0.39 is 0 Å². The fourth-order valence-corrected chi connectivity index (χ4v) is 2.26. The molecule has 0 spiro atoms. The van der Waals surface area contributed by atoms with Gasteiger partial charge in [-0.25, -0.2) is 0 Å². The Morgan fingerprint density at radius 1 is 1.36 bits per heavy atom. The molecular weight excluding hydrogens is 136 g/mol. The van der Waals surface area contributed by atoms with E-state index in [-0.39, 0.29) is 0 Å². The van der Waals surface area contributed by atoms with Crippen molar-refractivity contribution in [1.82, 2.24) is 10.2 Å². The van der Waals surface area contributed by atoms with E-state index in [0.29, 0.717) is 5.41 Å². The van der Waals surface area contributed by atoms with Gasteiger partial charge in [-0.2, -0.15) is 0 Å². The van der Waals surface area contributed by atoms with Crippen LogP contribution in [0.1, 0.15) is 20.3 Å². The number of hydrogen-bond acceptors (Lipinski definition) is 2.